The summed E-state index contributed by atoms with van der Waals surface area (Å²) in [6.45, 7) is 2.91. The van der Waals surface area contributed by atoms with Crippen molar-refractivity contribution in [3.05, 3.63) is 10.4 Å². The van der Waals surface area contributed by atoms with Crippen molar-refractivity contribution in [1.29, 1.82) is 5.26 Å². The van der Waals surface area contributed by atoms with Crippen molar-refractivity contribution in [3.8, 4) is 6.07 Å². The number of thiophene rings is 1. The Morgan fingerprint density at radius 3 is 3.00 bits per heavy atom. The highest BCUT2D eigenvalue weighted by Crippen LogP contribution is 2.35. The van der Waals surface area contributed by atoms with E-state index in [9.17, 15) is 10.1 Å². The van der Waals surface area contributed by atoms with Gasteiger partial charge in [0, 0.05) is 13.1 Å². The lowest BCUT2D eigenvalue weighted by atomic mass is 10.1. The molecule has 1 aliphatic heterocycles. The fourth-order valence-electron chi connectivity index (χ4n) is 2.35. The molecule has 1 fully saturated rings. The molecule has 108 valence electrons. The highest BCUT2D eigenvalue weighted by atomic mass is 32.1. The van der Waals surface area contributed by atoms with E-state index in [4.69, 9.17) is 5.73 Å². The zero-order valence-electron chi connectivity index (χ0n) is 11.6. The summed E-state index contributed by atoms with van der Waals surface area (Å²) in [6, 6.07) is 2.05. The molecule has 2 rings (SSSR count). The topological polar surface area (TPSA) is 91.4 Å². The number of esters is 1. The number of hydrogen-bond acceptors (Lipinski definition) is 7. The predicted octanol–water partition coefficient (Wildman–Crippen LogP) is 1.35. The first-order valence-electron chi connectivity index (χ1n) is 6.39. The molecular formula is C13H18N4O2S. The van der Waals surface area contributed by atoms with Gasteiger partial charge in [0.25, 0.3) is 0 Å². The van der Waals surface area contributed by atoms with Crippen molar-refractivity contribution in [2.24, 2.45) is 5.92 Å². The molecule has 0 saturated carbocycles. The summed E-state index contributed by atoms with van der Waals surface area (Å²) in [4.78, 5) is 14.1. The highest BCUT2D eigenvalue weighted by Gasteiger charge is 2.23. The van der Waals surface area contributed by atoms with Crippen LogP contribution < -0.4 is 11.1 Å². The van der Waals surface area contributed by atoms with Crippen LogP contribution in [0, 0.1) is 17.2 Å². The van der Waals surface area contributed by atoms with Gasteiger partial charge in [0.2, 0.25) is 0 Å². The summed E-state index contributed by atoms with van der Waals surface area (Å²) in [5.74, 6) is 0.0501. The Balaban J connectivity index is 2.11. The second kappa shape index (κ2) is 6.11. The summed E-state index contributed by atoms with van der Waals surface area (Å²) >= 11 is 1.18. The molecule has 1 atom stereocenters. The summed E-state index contributed by atoms with van der Waals surface area (Å²) in [5.41, 5.74) is 6.37. The van der Waals surface area contributed by atoms with Gasteiger partial charge in [-0.2, -0.15) is 5.26 Å². The third-order valence-corrected chi connectivity index (χ3v) is 4.61. The molecule has 1 aromatic heterocycles. The molecule has 7 heteroatoms. The molecule has 20 heavy (non-hydrogen) atoms. The lowest BCUT2D eigenvalue weighted by molar-refractivity contribution is 0.0607. The van der Waals surface area contributed by atoms with Crippen LogP contribution in [0.15, 0.2) is 0 Å². The Hall–Kier alpha value is -1.78. The maximum absolute atomic E-state index is 11.6. The highest BCUT2D eigenvalue weighted by molar-refractivity contribution is 7.18. The largest absolute Gasteiger partial charge is 0.465 e. The van der Waals surface area contributed by atoms with Gasteiger partial charge in [-0.15, -0.1) is 11.3 Å². The molecule has 1 saturated heterocycles. The van der Waals surface area contributed by atoms with Gasteiger partial charge in [-0.05, 0) is 25.9 Å². The Kier molecular flexibility index (Phi) is 4.47. The standard InChI is InChI=1S/C13H18N4O2S/c1-17-4-3-8(7-17)6-16-12-9(5-14)10(15)11(20-12)13(18)19-2/h8,16H,3-4,6-7,15H2,1-2H3. The monoisotopic (exact) mass is 294 g/mol. The zero-order valence-corrected chi connectivity index (χ0v) is 12.4. The summed E-state index contributed by atoms with van der Waals surface area (Å²) in [7, 11) is 3.40. The fraction of sp³-hybridized carbons (Fsp3) is 0.538. The van der Waals surface area contributed by atoms with Gasteiger partial charge in [-0.25, -0.2) is 4.79 Å². The van der Waals surface area contributed by atoms with Gasteiger partial charge < -0.3 is 20.7 Å². The number of ether oxygens (including phenoxy) is 1. The summed E-state index contributed by atoms with van der Waals surface area (Å²) in [6.07, 6.45) is 1.14. The number of carbonyl (C=O) groups excluding carboxylic acids is 1. The smallest absolute Gasteiger partial charge is 0.350 e. The number of nitrogens with zero attached hydrogens (tertiary/aromatic N) is 2. The van der Waals surface area contributed by atoms with Gasteiger partial charge in [-0.3, -0.25) is 0 Å². The molecule has 3 N–H and O–H groups in total. The maximum atomic E-state index is 11.6. The lowest BCUT2D eigenvalue weighted by Crippen LogP contribution is -2.19. The molecule has 0 amide bonds. The Bertz CT molecular complexity index is 549. The van der Waals surface area contributed by atoms with E-state index in [1.165, 1.54) is 18.4 Å². The van der Waals surface area contributed by atoms with Crippen LogP contribution in [0.3, 0.4) is 0 Å². The molecule has 2 heterocycles. The summed E-state index contributed by atoms with van der Waals surface area (Å²) < 4.78 is 4.67. The van der Waals surface area contributed by atoms with E-state index in [-0.39, 0.29) is 10.6 Å². The van der Waals surface area contributed by atoms with Crippen LogP contribution in [-0.4, -0.2) is 44.7 Å². The number of rotatable bonds is 4. The second-order valence-electron chi connectivity index (χ2n) is 4.95. The van der Waals surface area contributed by atoms with Gasteiger partial charge >= 0.3 is 5.97 Å². The Labute approximate surface area is 122 Å². The molecular weight excluding hydrogens is 276 g/mol. The first kappa shape index (κ1) is 14.6. The second-order valence-corrected chi connectivity index (χ2v) is 5.97. The van der Waals surface area contributed by atoms with Crippen LogP contribution >= 0.6 is 11.3 Å². The van der Waals surface area contributed by atoms with Crippen LogP contribution in [-0.2, 0) is 4.74 Å². The van der Waals surface area contributed by atoms with Gasteiger partial charge in [0.15, 0.2) is 0 Å². The molecule has 0 radical (unpaired) electrons. The van der Waals surface area contributed by atoms with E-state index in [1.807, 2.05) is 0 Å². The van der Waals surface area contributed by atoms with Crippen molar-refractivity contribution >= 4 is 28.0 Å². The van der Waals surface area contributed by atoms with Crippen molar-refractivity contribution in [1.82, 2.24) is 4.90 Å². The Morgan fingerprint density at radius 1 is 1.70 bits per heavy atom. The summed E-state index contributed by atoms with van der Waals surface area (Å²) in [5, 5.41) is 13.1. The maximum Gasteiger partial charge on any atom is 0.350 e. The first-order valence-corrected chi connectivity index (χ1v) is 7.21. The number of nitrogen functional groups attached to an aromatic ring is 1. The average Bonchev–Trinajstić information content (AvgIpc) is 2.99. The Morgan fingerprint density at radius 2 is 2.45 bits per heavy atom. The third kappa shape index (κ3) is 2.86. The molecule has 0 bridgehead atoms. The predicted molar refractivity (Wildman–Crippen MR) is 78.9 cm³/mol. The van der Waals surface area contributed by atoms with E-state index in [1.54, 1.807) is 0 Å². The SMILES string of the molecule is COC(=O)c1sc(NCC2CCN(C)C2)c(C#N)c1N. The van der Waals surface area contributed by atoms with E-state index < -0.39 is 5.97 Å². The van der Waals surface area contributed by atoms with Crippen molar-refractivity contribution in [3.63, 3.8) is 0 Å². The number of anilines is 2. The van der Waals surface area contributed by atoms with Gasteiger partial charge in [-0.1, -0.05) is 0 Å². The first-order chi connectivity index (χ1) is 9.56. The minimum atomic E-state index is -0.502. The molecule has 6 nitrogen and oxygen atoms in total. The fourth-order valence-corrected chi connectivity index (χ4v) is 3.35. The van der Waals surface area contributed by atoms with E-state index >= 15 is 0 Å². The van der Waals surface area contributed by atoms with Crippen LogP contribution in [0.2, 0.25) is 0 Å². The number of nitriles is 1. The van der Waals surface area contributed by atoms with Crippen LogP contribution in [0.5, 0.6) is 0 Å². The normalized spacial score (nSPS) is 18.8. The minimum absolute atomic E-state index is 0.204. The zero-order chi connectivity index (χ0) is 14.7. The minimum Gasteiger partial charge on any atom is -0.465 e. The number of nitrogens with one attached hydrogen (secondary N) is 1. The van der Waals surface area contributed by atoms with Crippen molar-refractivity contribution in [2.45, 2.75) is 6.42 Å². The van der Waals surface area contributed by atoms with E-state index in [2.05, 4.69) is 28.1 Å². The van der Waals surface area contributed by atoms with E-state index in [0.29, 0.717) is 16.5 Å². The van der Waals surface area contributed by atoms with Crippen molar-refractivity contribution < 1.29 is 9.53 Å². The van der Waals surface area contributed by atoms with Crippen LogP contribution in [0.1, 0.15) is 21.7 Å². The van der Waals surface area contributed by atoms with Crippen LogP contribution in [0.25, 0.3) is 0 Å². The van der Waals surface area contributed by atoms with E-state index in [0.717, 1.165) is 26.1 Å². The molecule has 1 unspecified atom stereocenters. The molecule has 0 aromatic carbocycles. The number of likely N-dealkylation sites (tertiary alicyclic amines) is 1. The van der Waals surface area contributed by atoms with Gasteiger partial charge in [0.1, 0.15) is 21.5 Å². The number of hydrogen-bond donors (Lipinski definition) is 2. The molecule has 1 aromatic rings. The average molecular weight is 294 g/mol. The third-order valence-electron chi connectivity index (χ3n) is 3.47. The number of carbonyl (C=O) groups is 1. The lowest BCUT2D eigenvalue weighted by Gasteiger charge is -2.11. The van der Waals surface area contributed by atoms with Crippen molar-refractivity contribution in [2.75, 3.05) is 44.8 Å². The molecule has 0 aliphatic carbocycles. The molecule has 1 aliphatic rings. The number of nitrogens with two attached hydrogens (primary N) is 1. The van der Waals surface area contributed by atoms with Gasteiger partial charge in [0.05, 0.1) is 12.8 Å². The quantitative estimate of drug-likeness (QED) is 0.815. The molecule has 0 spiro atoms. The van der Waals surface area contributed by atoms with Crippen LogP contribution in [0.4, 0.5) is 10.7 Å². The number of methoxy groups -OCH3 is 1.